The molecule has 2 aromatic heterocycles. The molecule has 0 aliphatic rings. The molecule has 0 saturated carbocycles. The molecule has 22 heavy (non-hydrogen) atoms. The number of amides is 2. The maximum Gasteiger partial charge on any atom is 0.318 e. The summed E-state index contributed by atoms with van der Waals surface area (Å²) in [5.41, 5.74) is 0. The van der Waals surface area contributed by atoms with Crippen molar-refractivity contribution in [3.63, 3.8) is 0 Å². The number of carbonyl (C=O) groups is 1. The highest BCUT2D eigenvalue weighted by molar-refractivity contribution is 7.09. The molecule has 0 spiro atoms. The minimum Gasteiger partial charge on any atom is -0.383 e. The second-order valence-electron chi connectivity index (χ2n) is 4.81. The number of carbonyl (C=O) groups excluding carboxylic acids is 1. The van der Waals surface area contributed by atoms with Crippen LogP contribution in [0.3, 0.4) is 0 Å². The minimum atomic E-state index is -0.235. The van der Waals surface area contributed by atoms with E-state index >= 15 is 0 Å². The lowest BCUT2D eigenvalue weighted by Gasteiger charge is -2.24. The number of rotatable bonds is 7. The second-order valence-corrected chi connectivity index (χ2v) is 5.79. The number of hydrogen-bond donors (Lipinski definition) is 1. The number of aromatic nitrogens is 4. The Bertz CT molecular complexity index is 585. The zero-order valence-electron chi connectivity index (χ0n) is 12.9. The molecule has 2 heterocycles. The Hall–Kier alpha value is -2.00. The van der Waals surface area contributed by atoms with Gasteiger partial charge in [0.2, 0.25) is 0 Å². The fraction of sp³-hybridized carbons (Fsp3) is 0.538. The van der Waals surface area contributed by atoms with Gasteiger partial charge in [-0.3, -0.25) is 0 Å². The average molecular weight is 324 g/mol. The van der Waals surface area contributed by atoms with Gasteiger partial charge in [0.15, 0.2) is 5.82 Å². The van der Waals surface area contributed by atoms with Crippen LogP contribution in [0.1, 0.15) is 23.8 Å². The molecule has 0 radical (unpaired) electrons. The van der Waals surface area contributed by atoms with Gasteiger partial charge in [0.05, 0.1) is 19.2 Å². The van der Waals surface area contributed by atoms with E-state index < -0.39 is 0 Å². The summed E-state index contributed by atoms with van der Waals surface area (Å²) in [5, 5.41) is 13.5. The lowest BCUT2D eigenvalue weighted by Crippen LogP contribution is -2.42. The monoisotopic (exact) mass is 324 g/mol. The van der Waals surface area contributed by atoms with Crippen molar-refractivity contribution >= 4 is 17.4 Å². The van der Waals surface area contributed by atoms with E-state index in [2.05, 4.69) is 20.5 Å². The highest BCUT2D eigenvalue weighted by Crippen LogP contribution is 2.11. The van der Waals surface area contributed by atoms with Crippen molar-refractivity contribution in [1.29, 1.82) is 0 Å². The van der Waals surface area contributed by atoms with Crippen LogP contribution in [0.25, 0.3) is 0 Å². The second kappa shape index (κ2) is 7.85. The number of nitrogens with one attached hydrogen (secondary N) is 1. The van der Waals surface area contributed by atoms with Gasteiger partial charge in [-0.2, -0.15) is 0 Å². The van der Waals surface area contributed by atoms with Gasteiger partial charge >= 0.3 is 6.03 Å². The number of ether oxygens (including phenoxy) is 1. The van der Waals surface area contributed by atoms with Gasteiger partial charge in [0, 0.05) is 32.3 Å². The van der Waals surface area contributed by atoms with Crippen LogP contribution in [0.4, 0.5) is 4.79 Å². The maximum atomic E-state index is 12.5. The normalized spacial score (nSPS) is 12.1. The molecule has 9 heteroatoms. The molecule has 8 nitrogen and oxygen atoms in total. The van der Waals surface area contributed by atoms with Crippen molar-refractivity contribution in [2.24, 2.45) is 7.05 Å². The Morgan fingerprint density at radius 3 is 3.00 bits per heavy atom. The van der Waals surface area contributed by atoms with E-state index in [9.17, 15) is 4.79 Å². The van der Waals surface area contributed by atoms with Gasteiger partial charge in [-0.15, -0.1) is 21.5 Å². The first-order chi connectivity index (χ1) is 10.6. The lowest BCUT2D eigenvalue weighted by molar-refractivity contribution is 0.144. The van der Waals surface area contributed by atoms with Crippen LogP contribution in [-0.2, 0) is 18.3 Å². The van der Waals surface area contributed by atoms with Gasteiger partial charge in [-0.1, -0.05) is 0 Å². The first kappa shape index (κ1) is 16.4. The third-order valence-corrected chi connectivity index (χ3v) is 3.90. The molecule has 120 valence electrons. The van der Waals surface area contributed by atoms with Crippen LogP contribution in [-0.4, -0.2) is 50.9 Å². The molecule has 1 unspecified atom stereocenters. The van der Waals surface area contributed by atoms with Crippen molar-refractivity contribution in [2.45, 2.75) is 19.5 Å². The topological polar surface area (TPSA) is 85.2 Å². The number of methoxy groups -OCH3 is 1. The quantitative estimate of drug-likeness (QED) is 0.827. The van der Waals surface area contributed by atoms with Crippen molar-refractivity contribution < 1.29 is 9.53 Å². The summed E-state index contributed by atoms with van der Waals surface area (Å²) in [6, 6.07) is -0.413. The first-order valence-electron chi connectivity index (χ1n) is 6.88. The molecule has 0 saturated heterocycles. The molecule has 2 aromatic rings. The fourth-order valence-corrected chi connectivity index (χ4v) is 2.60. The van der Waals surface area contributed by atoms with E-state index in [1.165, 1.54) is 11.3 Å². The zero-order valence-corrected chi connectivity index (χ0v) is 13.7. The largest absolute Gasteiger partial charge is 0.383 e. The number of aryl methyl sites for hydroxylation is 1. The minimum absolute atomic E-state index is 0.178. The molecule has 0 bridgehead atoms. The fourth-order valence-electron chi connectivity index (χ4n) is 1.97. The summed E-state index contributed by atoms with van der Waals surface area (Å²) in [5.74, 6) is 0.703. The number of nitrogens with zero attached hydrogens (tertiary/aromatic N) is 5. The molecule has 0 aliphatic heterocycles. The van der Waals surface area contributed by atoms with E-state index in [4.69, 9.17) is 4.74 Å². The third kappa shape index (κ3) is 4.25. The first-order valence-corrected chi connectivity index (χ1v) is 7.76. The zero-order chi connectivity index (χ0) is 15.9. The van der Waals surface area contributed by atoms with Gasteiger partial charge < -0.3 is 19.5 Å². The number of urea groups is 1. The predicted molar refractivity (Wildman–Crippen MR) is 82.3 cm³/mol. The van der Waals surface area contributed by atoms with Gasteiger partial charge in [0.1, 0.15) is 11.3 Å². The van der Waals surface area contributed by atoms with Crippen LogP contribution in [0, 0.1) is 0 Å². The van der Waals surface area contributed by atoms with E-state index in [0.717, 1.165) is 5.01 Å². The Kier molecular flexibility index (Phi) is 5.84. The van der Waals surface area contributed by atoms with E-state index in [-0.39, 0.29) is 12.1 Å². The van der Waals surface area contributed by atoms with E-state index in [1.807, 2.05) is 19.4 Å². The summed E-state index contributed by atoms with van der Waals surface area (Å²) < 4.78 is 6.86. The van der Waals surface area contributed by atoms with Crippen molar-refractivity contribution in [3.05, 3.63) is 28.7 Å². The van der Waals surface area contributed by atoms with Gasteiger partial charge in [0.25, 0.3) is 0 Å². The van der Waals surface area contributed by atoms with Crippen LogP contribution < -0.4 is 5.32 Å². The molecule has 2 amide bonds. The molecule has 0 fully saturated rings. The third-order valence-electron chi connectivity index (χ3n) is 3.14. The van der Waals surface area contributed by atoms with Crippen molar-refractivity contribution in [2.75, 3.05) is 20.3 Å². The molecule has 2 rings (SSSR count). The summed E-state index contributed by atoms with van der Waals surface area (Å²) in [4.78, 5) is 18.4. The number of thiazole rings is 1. The Balaban J connectivity index is 2.00. The van der Waals surface area contributed by atoms with Crippen LogP contribution in [0.15, 0.2) is 17.9 Å². The Morgan fingerprint density at radius 2 is 2.41 bits per heavy atom. The van der Waals surface area contributed by atoms with Crippen LogP contribution >= 0.6 is 11.3 Å². The molecule has 0 aliphatic carbocycles. The van der Waals surface area contributed by atoms with Gasteiger partial charge in [-0.05, 0) is 6.92 Å². The number of hydrogen-bond acceptors (Lipinski definition) is 6. The summed E-state index contributed by atoms with van der Waals surface area (Å²) in [7, 11) is 3.46. The maximum absolute atomic E-state index is 12.5. The SMILES string of the molecule is COCCN(Cc1nccs1)C(=O)NC(C)c1nncn1C. The Morgan fingerprint density at radius 1 is 1.59 bits per heavy atom. The lowest BCUT2D eigenvalue weighted by atomic mass is 10.3. The molecule has 1 N–H and O–H groups in total. The molecular formula is C13H20N6O2S. The summed E-state index contributed by atoms with van der Waals surface area (Å²) >= 11 is 1.52. The highest BCUT2D eigenvalue weighted by Gasteiger charge is 2.19. The van der Waals surface area contributed by atoms with Crippen LogP contribution in [0.5, 0.6) is 0 Å². The van der Waals surface area contributed by atoms with E-state index in [1.54, 1.807) is 29.1 Å². The standard InChI is InChI=1S/C13H20N6O2S/c1-10(12-17-15-9-18(12)2)16-13(20)19(5-6-21-3)8-11-14-4-7-22-11/h4,7,9-10H,5-6,8H2,1-3H3,(H,16,20). The molecular weight excluding hydrogens is 304 g/mol. The Labute approximate surface area is 133 Å². The predicted octanol–water partition coefficient (Wildman–Crippen LogP) is 1.19. The van der Waals surface area contributed by atoms with E-state index in [0.29, 0.717) is 25.5 Å². The highest BCUT2D eigenvalue weighted by atomic mass is 32.1. The summed E-state index contributed by atoms with van der Waals surface area (Å²) in [6.07, 6.45) is 3.34. The average Bonchev–Trinajstić information content (AvgIpc) is 3.14. The molecule has 1 atom stereocenters. The van der Waals surface area contributed by atoms with Crippen molar-refractivity contribution in [3.8, 4) is 0 Å². The van der Waals surface area contributed by atoms with Crippen molar-refractivity contribution in [1.82, 2.24) is 30.0 Å². The van der Waals surface area contributed by atoms with Crippen LogP contribution in [0.2, 0.25) is 0 Å². The van der Waals surface area contributed by atoms with Gasteiger partial charge in [-0.25, -0.2) is 9.78 Å². The molecule has 0 aromatic carbocycles. The smallest absolute Gasteiger partial charge is 0.318 e. The summed E-state index contributed by atoms with van der Waals surface area (Å²) in [6.45, 7) is 3.29.